The van der Waals surface area contributed by atoms with Crippen LogP contribution in [0.4, 0.5) is 5.69 Å². The van der Waals surface area contributed by atoms with E-state index in [2.05, 4.69) is 5.32 Å². The highest BCUT2D eigenvalue weighted by Crippen LogP contribution is 2.21. The first-order valence-electron chi connectivity index (χ1n) is 8.04. The van der Waals surface area contributed by atoms with Crippen molar-refractivity contribution >= 4 is 23.4 Å². The number of hydrogen-bond acceptors (Lipinski definition) is 4. The third kappa shape index (κ3) is 4.52. The van der Waals surface area contributed by atoms with Gasteiger partial charge in [0.1, 0.15) is 12.4 Å². The second kappa shape index (κ2) is 8.22. The molecule has 0 spiro atoms. The predicted molar refractivity (Wildman–Crippen MR) is 97.1 cm³/mol. The lowest BCUT2D eigenvalue weighted by Crippen LogP contribution is -2.16. The largest absolute Gasteiger partial charge is 0.491 e. The third-order valence-corrected chi connectivity index (χ3v) is 4.65. The molecule has 1 atom stereocenters. The number of ether oxygens (including phenoxy) is 2. The van der Waals surface area contributed by atoms with Crippen molar-refractivity contribution in [3.8, 4) is 5.75 Å². The van der Waals surface area contributed by atoms with Crippen LogP contribution in [0.15, 0.2) is 53.4 Å². The number of amides is 1. The average Bonchev–Trinajstić information content (AvgIpc) is 3.14. The lowest BCUT2D eigenvalue weighted by molar-refractivity contribution is 0.0680. The zero-order chi connectivity index (χ0) is 16.8. The summed E-state index contributed by atoms with van der Waals surface area (Å²) in [5.41, 5.74) is 1.36. The van der Waals surface area contributed by atoms with Gasteiger partial charge in [0.2, 0.25) is 0 Å². The van der Waals surface area contributed by atoms with Gasteiger partial charge in [0.15, 0.2) is 0 Å². The average molecular weight is 343 g/mol. The van der Waals surface area contributed by atoms with E-state index in [1.54, 1.807) is 11.8 Å². The third-order valence-electron chi connectivity index (χ3n) is 3.90. The second-order valence-corrected chi connectivity index (χ2v) is 6.54. The molecule has 1 N–H and O–H groups in total. The van der Waals surface area contributed by atoms with Crippen molar-refractivity contribution in [2.75, 3.05) is 24.8 Å². The summed E-state index contributed by atoms with van der Waals surface area (Å²) in [7, 11) is 0. The van der Waals surface area contributed by atoms with E-state index < -0.39 is 0 Å². The quantitative estimate of drug-likeness (QED) is 0.798. The first-order valence-corrected chi connectivity index (χ1v) is 9.27. The van der Waals surface area contributed by atoms with E-state index in [4.69, 9.17) is 9.47 Å². The van der Waals surface area contributed by atoms with Gasteiger partial charge in [-0.05, 0) is 55.5 Å². The normalized spacial score (nSPS) is 16.8. The number of anilines is 1. The summed E-state index contributed by atoms with van der Waals surface area (Å²) >= 11 is 1.65. The first-order chi connectivity index (χ1) is 11.7. The van der Waals surface area contributed by atoms with Crippen LogP contribution in [0.2, 0.25) is 0 Å². The Morgan fingerprint density at radius 2 is 2.12 bits per heavy atom. The monoisotopic (exact) mass is 343 g/mol. The van der Waals surface area contributed by atoms with Crippen molar-refractivity contribution in [2.24, 2.45) is 0 Å². The lowest BCUT2D eigenvalue weighted by Gasteiger charge is -2.12. The summed E-state index contributed by atoms with van der Waals surface area (Å²) in [6.45, 7) is 1.37. The molecule has 1 aliphatic rings. The van der Waals surface area contributed by atoms with Crippen LogP contribution in [0.5, 0.6) is 5.75 Å². The summed E-state index contributed by atoms with van der Waals surface area (Å²) in [5.74, 6) is 0.611. The molecule has 4 nitrogen and oxygen atoms in total. The first kappa shape index (κ1) is 16.9. The summed E-state index contributed by atoms with van der Waals surface area (Å²) in [6.07, 6.45) is 4.33. The molecule has 1 aliphatic heterocycles. The van der Waals surface area contributed by atoms with E-state index in [-0.39, 0.29) is 12.0 Å². The molecule has 126 valence electrons. The minimum Gasteiger partial charge on any atom is -0.491 e. The Bertz CT molecular complexity index is 681. The molecule has 2 aromatic rings. The molecule has 1 saturated heterocycles. The molecule has 5 heteroatoms. The molecule has 0 bridgehead atoms. The maximum Gasteiger partial charge on any atom is 0.255 e. The molecule has 0 radical (unpaired) electrons. The van der Waals surface area contributed by atoms with Crippen LogP contribution in [0.1, 0.15) is 23.2 Å². The molecule has 2 aromatic carbocycles. The highest BCUT2D eigenvalue weighted by atomic mass is 32.2. The number of carbonyl (C=O) groups is 1. The fourth-order valence-corrected chi connectivity index (χ4v) is 2.98. The molecule has 0 aromatic heterocycles. The highest BCUT2D eigenvalue weighted by molar-refractivity contribution is 7.98. The fourth-order valence-electron chi connectivity index (χ4n) is 2.57. The zero-order valence-electron chi connectivity index (χ0n) is 13.7. The number of rotatable bonds is 6. The van der Waals surface area contributed by atoms with Crippen LogP contribution >= 0.6 is 11.8 Å². The molecule has 0 saturated carbocycles. The summed E-state index contributed by atoms with van der Waals surface area (Å²) < 4.78 is 11.3. The molecular formula is C19H21NO3S. The van der Waals surface area contributed by atoms with Gasteiger partial charge in [0.25, 0.3) is 5.91 Å². The number of nitrogens with one attached hydrogen (secondary N) is 1. The second-order valence-electron chi connectivity index (χ2n) is 5.66. The standard InChI is InChI=1S/C19H21NO3S/c1-24-18-9-7-14(8-10-18)19(21)20-15-4-2-5-16(12-15)23-13-17-6-3-11-22-17/h2,4-5,7-10,12,17H,3,6,11,13H2,1H3,(H,20,21). The van der Waals surface area contributed by atoms with Gasteiger partial charge < -0.3 is 14.8 Å². The van der Waals surface area contributed by atoms with Gasteiger partial charge in [0.05, 0.1) is 6.10 Å². The van der Waals surface area contributed by atoms with Crippen molar-refractivity contribution in [2.45, 2.75) is 23.8 Å². The Hall–Kier alpha value is -1.98. The molecule has 24 heavy (non-hydrogen) atoms. The summed E-state index contributed by atoms with van der Waals surface area (Å²) in [6, 6.07) is 15.0. The molecule has 1 heterocycles. The smallest absolute Gasteiger partial charge is 0.255 e. The topological polar surface area (TPSA) is 47.6 Å². The van der Waals surface area contributed by atoms with E-state index in [1.807, 2.05) is 54.8 Å². The van der Waals surface area contributed by atoms with Crippen LogP contribution in [0, 0.1) is 0 Å². The van der Waals surface area contributed by atoms with Gasteiger partial charge in [-0.3, -0.25) is 4.79 Å². The van der Waals surface area contributed by atoms with Crippen LogP contribution in [0.25, 0.3) is 0 Å². The minimum atomic E-state index is -0.126. The number of thioether (sulfide) groups is 1. The molecule has 3 rings (SSSR count). The van der Waals surface area contributed by atoms with Gasteiger partial charge in [-0.15, -0.1) is 11.8 Å². The summed E-state index contributed by atoms with van der Waals surface area (Å²) in [5, 5.41) is 2.91. The summed E-state index contributed by atoms with van der Waals surface area (Å²) in [4.78, 5) is 13.4. The van der Waals surface area contributed by atoms with E-state index in [0.29, 0.717) is 12.2 Å². The van der Waals surface area contributed by atoms with E-state index in [0.717, 1.165) is 35.8 Å². The van der Waals surface area contributed by atoms with Gasteiger partial charge in [0, 0.05) is 28.8 Å². The zero-order valence-corrected chi connectivity index (χ0v) is 14.5. The van der Waals surface area contributed by atoms with Crippen molar-refractivity contribution in [3.63, 3.8) is 0 Å². The molecule has 1 amide bonds. The molecule has 1 unspecified atom stereocenters. The van der Waals surface area contributed by atoms with E-state index in [9.17, 15) is 4.79 Å². The van der Waals surface area contributed by atoms with Crippen LogP contribution in [0.3, 0.4) is 0 Å². The van der Waals surface area contributed by atoms with Crippen molar-refractivity contribution in [3.05, 3.63) is 54.1 Å². The number of benzene rings is 2. The van der Waals surface area contributed by atoms with Crippen molar-refractivity contribution < 1.29 is 14.3 Å². The van der Waals surface area contributed by atoms with Crippen molar-refractivity contribution in [1.82, 2.24) is 0 Å². The van der Waals surface area contributed by atoms with Crippen molar-refractivity contribution in [1.29, 1.82) is 0 Å². The Kier molecular flexibility index (Phi) is 5.77. The van der Waals surface area contributed by atoms with E-state index in [1.165, 1.54) is 0 Å². The Labute approximate surface area is 146 Å². The van der Waals surface area contributed by atoms with E-state index >= 15 is 0 Å². The Balaban J connectivity index is 1.59. The molecular weight excluding hydrogens is 322 g/mol. The number of hydrogen-bond donors (Lipinski definition) is 1. The Morgan fingerprint density at radius 3 is 2.83 bits per heavy atom. The highest BCUT2D eigenvalue weighted by Gasteiger charge is 2.16. The predicted octanol–water partition coefficient (Wildman–Crippen LogP) is 4.22. The lowest BCUT2D eigenvalue weighted by atomic mass is 10.2. The van der Waals surface area contributed by atoms with Crippen LogP contribution in [-0.2, 0) is 4.74 Å². The molecule has 0 aliphatic carbocycles. The van der Waals surface area contributed by atoms with Gasteiger partial charge >= 0.3 is 0 Å². The van der Waals surface area contributed by atoms with Gasteiger partial charge in [-0.1, -0.05) is 6.07 Å². The number of carbonyl (C=O) groups excluding carboxylic acids is 1. The maximum absolute atomic E-state index is 12.3. The minimum absolute atomic E-state index is 0.126. The molecule has 1 fully saturated rings. The van der Waals surface area contributed by atoms with Gasteiger partial charge in [-0.25, -0.2) is 0 Å². The van der Waals surface area contributed by atoms with Crippen LogP contribution < -0.4 is 10.1 Å². The maximum atomic E-state index is 12.3. The Morgan fingerprint density at radius 1 is 1.29 bits per heavy atom. The van der Waals surface area contributed by atoms with Crippen LogP contribution in [-0.4, -0.2) is 31.5 Å². The fraction of sp³-hybridized carbons (Fsp3) is 0.316. The van der Waals surface area contributed by atoms with Gasteiger partial charge in [-0.2, -0.15) is 0 Å². The SMILES string of the molecule is CSc1ccc(C(=O)Nc2cccc(OCC3CCCO3)c2)cc1.